The smallest absolute Gasteiger partial charge is 0.411 e. The predicted molar refractivity (Wildman–Crippen MR) is 71.6 cm³/mol. The molecule has 1 unspecified atom stereocenters. The second-order valence-electron chi connectivity index (χ2n) is 4.35. The van der Waals surface area contributed by atoms with Crippen LogP contribution in [0.25, 0.3) is 0 Å². The van der Waals surface area contributed by atoms with Crippen LogP contribution in [0, 0.1) is 0 Å². The Bertz CT molecular complexity index is 417. The van der Waals surface area contributed by atoms with Gasteiger partial charge in [0.2, 0.25) is 0 Å². The topological polar surface area (TPSA) is 41.6 Å². The third-order valence-electron chi connectivity index (χ3n) is 2.98. The quantitative estimate of drug-likeness (QED) is 0.833. The van der Waals surface area contributed by atoms with Crippen LogP contribution in [0.4, 0.5) is 10.5 Å². The van der Waals surface area contributed by atoms with Crippen molar-refractivity contribution in [3.63, 3.8) is 0 Å². The summed E-state index contributed by atoms with van der Waals surface area (Å²) in [6.45, 7) is 1.39. The van der Waals surface area contributed by atoms with Crippen molar-refractivity contribution in [3.8, 4) is 0 Å². The number of nitrogens with one attached hydrogen (secondary N) is 1. The summed E-state index contributed by atoms with van der Waals surface area (Å²) in [4.78, 5) is 13.8. The maximum atomic E-state index is 11.6. The molecule has 0 radical (unpaired) electrons. The van der Waals surface area contributed by atoms with E-state index >= 15 is 0 Å². The van der Waals surface area contributed by atoms with Crippen LogP contribution < -0.4 is 5.32 Å². The zero-order valence-electron chi connectivity index (χ0n) is 10.5. The first-order chi connectivity index (χ1) is 8.75. The molecule has 0 bridgehead atoms. The number of ether oxygens (including phenoxy) is 1. The highest BCUT2D eigenvalue weighted by atomic mass is 16.5. The van der Waals surface area contributed by atoms with Crippen LogP contribution in [-0.4, -0.2) is 37.2 Å². The number of nitrogens with zero attached hydrogens (tertiary/aromatic N) is 1. The molecule has 1 amide bonds. The molecule has 0 saturated heterocycles. The molecule has 0 aromatic heterocycles. The van der Waals surface area contributed by atoms with Crippen molar-refractivity contribution in [1.29, 1.82) is 0 Å². The molecule has 1 heterocycles. The summed E-state index contributed by atoms with van der Waals surface area (Å²) in [6, 6.07) is 9.47. The summed E-state index contributed by atoms with van der Waals surface area (Å²) in [7, 11) is 2.03. The fourth-order valence-electron chi connectivity index (χ4n) is 1.86. The number of carbonyl (C=O) groups excluding carboxylic acids is 1. The highest BCUT2D eigenvalue weighted by Crippen LogP contribution is 2.09. The van der Waals surface area contributed by atoms with Crippen molar-refractivity contribution in [2.75, 3.05) is 25.5 Å². The second kappa shape index (κ2) is 6.21. The van der Waals surface area contributed by atoms with E-state index in [0.29, 0.717) is 6.61 Å². The number of amides is 1. The van der Waals surface area contributed by atoms with Gasteiger partial charge in [-0.2, -0.15) is 0 Å². The number of carbonyl (C=O) groups is 1. The Kier molecular flexibility index (Phi) is 4.36. The number of anilines is 1. The van der Waals surface area contributed by atoms with Crippen LogP contribution in [0.2, 0.25) is 0 Å². The van der Waals surface area contributed by atoms with Crippen molar-refractivity contribution in [3.05, 3.63) is 42.5 Å². The average Bonchev–Trinajstić information content (AvgIpc) is 2.39. The molecule has 1 N–H and O–H groups in total. The van der Waals surface area contributed by atoms with Gasteiger partial charge in [-0.15, -0.1) is 0 Å². The zero-order chi connectivity index (χ0) is 12.8. The van der Waals surface area contributed by atoms with Gasteiger partial charge in [-0.25, -0.2) is 4.79 Å². The van der Waals surface area contributed by atoms with Gasteiger partial charge in [0.15, 0.2) is 0 Å². The van der Waals surface area contributed by atoms with E-state index in [1.165, 1.54) is 0 Å². The fraction of sp³-hybridized carbons (Fsp3) is 0.357. The standard InChI is InChI=1S/C14H18N2O2/c1-16-10-6-5-9-13(16)11-18-14(17)15-12-7-3-2-4-8-12/h2-5,7-9,13H,6,10-11H2,1H3,(H,15,17). The van der Waals surface area contributed by atoms with Crippen LogP contribution >= 0.6 is 0 Å². The largest absolute Gasteiger partial charge is 0.447 e. The lowest BCUT2D eigenvalue weighted by Crippen LogP contribution is -2.37. The molecule has 1 aromatic rings. The van der Waals surface area contributed by atoms with Gasteiger partial charge in [0.1, 0.15) is 6.61 Å². The third kappa shape index (κ3) is 3.60. The van der Waals surface area contributed by atoms with Gasteiger partial charge in [0.05, 0.1) is 6.04 Å². The highest BCUT2D eigenvalue weighted by molar-refractivity contribution is 5.84. The number of benzene rings is 1. The van der Waals surface area contributed by atoms with Gasteiger partial charge in [-0.1, -0.05) is 30.4 Å². The van der Waals surface area contributed by atoms with Crippen molar-refractivity contribution in [2.24, 2.45) is 0 Å². The summed E-state index contributed by atoms with van der Waals surface area (Å²) in [5.41, 5.74) is 0.745. The Balaban J connectivity index is 1.78. The Hall–Kier alpha value is -1.81. The van der Waals surface area contributed by atoms with Gasteiger partial charge in [0, 0.05) is 12.2 Å². The normalized spacial score (nSPS) is 19.5. The van der Waals surface area contributed by atoms with Gasteiger partial charge in [-0.05, 0) is 25.6 Å². The maximum Gasteiger partial charge on any atom is 0.411 e. The maximum absolute atomic E-state index is 11.6. The lowest BCUT2D eigenvalue weighted by atomic mass is 10.1. The molecule has 0 spiro atoms. The number of hydrogen-bond donors (Lipinski definition) is 1. The SMILES string of the molecule is CN1CCC=CC1COC(=O)Nc1ccccc1. The molecule has 4 nitrogen and oxygen atoms in total. The first kappa shape index (κ1) is 12.6. The Morgan fingerprint density at radius 2 is 2.22 bits per heavy atom. The second-order valence-corrected chi connectivity index (χ2v) is 4.35. The summed E-state index contributed by atoms with van der Waals surface area (Å²) >= 11 is 0. The monoisotopic (exact) mass is 246 g/mol. The lowest BCUT2D eigenvalue weighted by Gasteiger charge is -2.27. The molecule has 1 aliphatic heterocycles. The summed E-state index contributed by atoms with van der Waals surface area (Å²) < 4.78 is 5.21. The molecular weight excluding hydrogens is 228 g/mol. The van der Waals surface area contributed by atoms with Crippen molar-refractivity contribution < 1.29 is 9.53 Å². The minimum absolute atomic E-state index is 0.181. The zero-order valence-corrected chi connectivity index (χ0v) is 10.5. The minimum Gasteiger partial charge on any atom is -0.447 e. The van der Waals surface area contributed by atoms with Crippen molar-refractivity contribution >= 4 is 11.8 Å². The van der Waals surface area contributed by atoms with Gasteiger partial charge in [0.25, 0.3) is 0 Å². The molecule has 0 fully saturated rings. The first-order valence-corrected chi connectivity index (χ1v) is 6.11. The van der Waals surface area contributed by atoms with Gasteiger partial charge >= 0.3 is 6.09 Å². The van der Waals surface area contributed by atoms with Crippen LogP contribution in [0.5, 0.6) is 0 Å². The molecule has 1 atom stereocenters. The van der Waals surface area contributed by atoms with Crippen LogP contribution in [0.15, 0.2) is 42.5 Å². The van der Waals surface area contributed by atoms with E-state index in [4.69, 9.17) is 4.74 Å². The number of para-hydroxylation sites is 1. The summed E-state index contributed by atoms with van der Waals surface area (Å²) in [5.74, 6) is 0. The molecule has 1 aromatic carbocycles. The highest BCUT2D eigenvalue weighted by Gasteiger charge is 2.16. The van der Waals surface area contributed by atoms with E-state index in [1.54, 1.807) is 0 Å². The predicted octanol–water partition coefficient (Wildman–Crippen LogP) is 2.50. The lowest BCUT2D eigenvalue weighted by molar-refractivity contribution is 0.125. The Morgan fingerprint density at radius 1 is 1.44 bits per heavy atom. The van der Waals surface area contributed by atoms with Crippen molar-refractivity contribution in [2.45, 2.75) is 12.5 Å². The summed E-state index contributed by atoms with van der Waals surface area (Å²) in [6.07, 6.45) is 4.86. The third-order valence-corrected chi connectivity index (χ3v) is 2.98. The first-order valence-electron chi connectivity index (χ1n) is 6.11. The van der Waals surface area contributed by atoms with E-state index < -0.39 is 6.09 Å². The average molecular weight is 246 g/mol. The van der Waals surface area contributed by atoms with E-state index in [1.807, 2.05) is 37.4 Å². The van der Waals surface area contributed by atoms with Crippen LogP contribution in [0.3, 0.4) is 0 Å². The minimum atomic E-state index is -0.409. The molecule has 1 aliphatic rings. The molecule has 2 rings (SSSR count). The Morgan fingerprint density at radius 3 is 2.94 bits per heavy atom. The Labute approximate surface area is 107 Å². The molecule has 0 aliphatic carbocycles. The van der Waals surface area contributed by atoms with E-state index in [0.717, 1.165) is 18.7 Å². The summed E-state index contributed by atoms with van der Waals surface area (Å²) in [5, 5.41) is 2.69. The molecule has 18 heavy (non-hydrogen) atoms. The van der Waals surface area contributed by atoms with Gasteiger partial charge < -0.3 is 4.74 Å². The van der Waals surface area contributed by atoms with Crippen LogP contribution in [-0.2, 0) is 4.74 Å². The van der Waals surface area contributed by atoms with E-state index in [9.17, 15) is 4.79 Å². The molecular formula is C14H18N2O2. The molecule has 4 heteroatoms. The number of rotatable bonds is 3. The van der Waals surface area contributed by atoms with Crippen LogP contribution in [0.1, 0.15) is 6.42 Å². The van der Waals surface area contributed by atoms with Crippen molar-refractivity contribution in [1.82, 2.24) is 4.90 Å². The molecule has 96 valence electrons. The van der Waals surface area contributed by atoms with E-state index in [2.05, 4.69) is 22.4 Å². The number of likely N-dealkylation sites (N-methyl/N-ethyl adjacent to an activating group) is 1. The molecule has 0 saturated carbocycles. The van der Waals surface area contributed by atoms with Gasteiger partial charge in [-0.3, -0.25) is 10.2 Å². The number of hydrogen-bond acceptors (Lipinski definition) is 3. The fourth-order valence-corrected chi connectivity index (χ4v) is 1.86. The van der Waals surface area contributed by atoms with E-state index in [-0.39, 0.29) is 6.04 Å².